The standard InChI is InChI=1S/C20H20/c1-3-10-18-14(6-1)12-16-8-5-9-17-13-15-7-2-4-11-19(15)20(16,17)18/h1-4,6-7,10-11,16-17H,5,8-9,12-13H2. The van der Waals surface area contributed by atoms with E-state index in [0.717, 1.165) is 11.8 Å². The quantitative estimate of drug-likeness (QED) is 0.654. The minimum Gasteiger partial charge on any atom is -0.0620 e. The van der Waals surface area contributed by atoms with Gasteiger partial charge in [-0.2, -0.15) is 0 Å². The Morgan fingerprint density at radius 3 is 1.75 bits per heavy atom. The fourth-order valence-corrected chi connectivity index (χ4v) is 5.68. The van der Waals surface area contributed by atoms with Crippen LogP contribution in [0.25, 0.3) is 0 Å². The van der Waals surface area contributed by atoms with E-state index in [1.165, 1.54) is 32.1 Å². The van der Waals surface area contributed by atoms with Crippen LogP contribution in [-0.4, -0.2) is 0 Å². The highest BCUT2D eigenvalue weighted by Gasteiger charge is 2.57. The largest absolute Gasteiger partial charge is 0.0620 e. The Morgan fingerprint density at radius 1 is 0.700 bits per heavy atom. The average Bonchev–Trinajstić information content (AvgIpc) is 3.01. The van der Waals surface area contributed by atoms with E-state index in [1.807, 2.05) is 0 Å². The van der Waals surface area contributed by atoms with Crippen LogP contribution in [0.4, 0.5) is 0 Å². The summed E-state index contributed by atoms with van der Waals surface area (Å²) in [4.78, 5) is 0. The fourth-order valence-electron chi connectivity index (χ4n) is 5.68. The van der Waals surface area contributed by atoms with Crippen molar-refractivity contribution in [1.29, 1.82) is 0 Å². The lowest BCUT2D eigenvalue weighted by atomic mass is 9.59. The summed E-state index contributed by atoms with van der Waals surface area (Å²) in [5.74, 6) is 1.70. The first kappa shape index (κ1) is 11.1. The molecule has 0 heteroatoms. The van der Waals surface area contributed by atoms with Crippen molar-refractivity contribution in [2.75, 3.05) is 0 Å². The minimum absolute atomic E-state index is 0.367. The van der Waals surface area contributed by atoms with Gasteiger partial charge >= 0.3 is 0 Å². The predicted octanol–water partition coefficient (Wildman–Crippen LogP) is 4.50. The molecule has 3 aliphatic rings. The van der Waals surface area contributed by atoms with E-state index >= 15 is 0 Å². The summed E-state index contributed by atoms with van der Waals surface area (Å²) in [7, 11) is 0. The Labute approximate surface area is 120 Å². The number of hydrogen-bond acceptors (Lipinski definition) is 0. The highest BCUT2D eigenvalue weighted by molar-refractivity contribution is 5.56. The smallest absolute Gasteiger partial charge is 0.0270 e. The van der Waals surface area contributed by atoms with Crippen molar-refractivity contribution in [3.8, 4) is 0 Å². The molecule has 1 saturated carbocycles. The molecule has 0 nitrogen and oxygen atoms in total. The number of benzene rings is 2. The summed E-state index contributed by atoms with van der Waals surface area (Å²) in [6.07, 6.45) is 6.88. The van der Waals surface area contributed by atoms with Gasteiger partial charge in [-0.05, 0) is 59.8 Å². The zero-order valence-electron chi connectivity index (χ0n) is 11.8. The lowest BCUT2D eigenvalue weighted by molar-refractivity contribution is 0.176. The minimum atomic E-state index is 0.367. The summed E-state index contributed by atoms with van der Waals surface area (Å²) >= 11 is 0. The number of fused-ring (bicyclic) bond motifs is 2. The number of hydrogen-bond donors (Lipinski definition) is 0. The second-order valence-electron chi connectivity index (χ2n) is 6.92. The highest BCUT2D eigenvalue weighted by Crippen LogP contribution is 2.62. The van der Waals surface area contributed by atoms with Gasteiger partial charge in [-0.25, -0.2) is 0 Å². The SMILES string of the molecule is c1ccc2c(c1)CC1CCCC3Cc4ccccc4C213. The first-order valence-corrected chi connectivity index (χ1v) is 8.07. The summed E-state index contributed by atoms with van der Waals surface area (Å²) in [5.41, 5.74) is 6.95. The highest BCUT2D eigenvalue weighted by atomic mass is 14.6. The van der Waals surface area contributed by atoms with Crippen LogP contribution in [0.15, 0.2) is 48.5 Å². The molecule has 20 heavy (non-hydrogen) atoms. The first-order valence-electron chi connectivity index (χ1n) is 8.07. The maximum Gasteiger partial charge on any atom is 0.0270 e. The monoisotopic (exact) mass is 260 g/mol. The van der Waals surface area contributed by atoms with Crippen LogP contribution in [0, 0.1) is 11.8 Å². The Kier molecular flexibility index (Phi) is 2.09. The molecule has 1 fully saturated rings. The maximum absolute atomic E-state index is 2.43. The second kappa shape index (κ2) is 3.75. The van der Waals surface area contributed by atoms with Crippen molar-refractivity contribution in [2.24, 2.45) is 11.8 Å². The van der Waals surface area contributed by atoms with E-state index in [9.17, 15) is 0 Å². The third-order valence-electron chi connectivity index (χ3n) is 6.25. The van der Waals surface area contributed by atoms with Crippen molar-refractivity contribution in [1.82, 2.24) is 0 Å². The number of rotatable bonds is 0. The molecular formula is C20H20. The molecule has 2 aromatic carbocycles. The van der Waals surface area contributed by atoms with Crippen molar-refractivity contribution in [3.05, 3.63) is 70.8 Å². The molecular weight excluding hydrogens is 240 g/mol. The van der Waals surface area contributed by atoms with E-state index in [4.69, 9.17) is 0 Å². The Hall–Kier alpha value is -1.56. The average molecular weight is 260 g/mol. The van der Waals surface area contributed by atoms with E-state index in [0.29, 0.717) is 5.41 Å². The van der Waals surface area contributed by atoms with Gasteiger partial charge in [-0.1, -0.05) is 55.0 Å². The van der Waals surface area contributed by atoms with Gasteiger partial charge in [-0.3, -0.25) is 0 Å². The van der Waals surface area contributed by atoms with Crippen molar-refractivity contribution in [3.63, 3.8) is 0 Å². The molecule has 0 saturated heterocycles. The molecule has 3 aliphatic carbocycles. The van der Waals surface area contributed by atoms with Crippen molar-refractivity contribution in [2.45, 2.75) is 37.5 Å². The molecule has 2 aromatic rings. The van der Waals surface area contributed by atoms with Crippen LogP contribution < -0.4 is 0 Å². The van der Waals surface area contributed by atoms with Gasteiger partial charge in [0, 0.05) is 5.41 Å². The van der Waals surface area contributed by atoms with Gasteiger partial charge in [0.1, 0.15) is 0 Å². The summed E-state index contributed by atoms with van der Waals surface area (Å²) < 4.78 is 0. The summed E-state index contributed by atoms with van der Waals surface area (Å²) in [6.45, 7) is 0. The third-order valence-corrected chi connectivity index (χ3v) is 6.25. The van der Waals surface area contributed by atoms with E-state index in [2.05, 4.69) is 48.5 Å². The molecule has 0 amide bonds. The van der Waals surface area contributed by atoms with Gasteiger partial charge < -0.3 is 0 Å². The van der Waals surface area contributed by atoms with Gasteiger partial charge in [0.25, 0.3) is 0 Å². The second-order valence-corrected chi connectivity index (χ2v) is 6.92. The summed E-state index contributed by atoms with van der Waals surface area (Å²) in [6, 6.07) is 18.6. The predicted molar refractivity (Wildman–Crippen MR) is 81.9 cm³/mol. The molecule has 0 radical (unpaired) electrons. The topological polar surface area (TPSA) is 0 Å². The molecule has 0 N–H and O–H groups in total. The molecule has 5 rings (SSSR count). The van der Waals surface area contributed by atoms with Gasteiger partial charge in [0.15, 0.2) is 0 Å². The molecule has 1 spiro atoms. The van der Waals surface area contributed by atoms with E-state index in [1.54, 1.807) is 22.3 Å². The van der Waals surface area contributed by atoms with E-state index < -0.39 is 0 Å². The zero-order chi connectivity index (χ0) is 13.2. The zero-order valence-corrected chi connectivity index (χ0v) is 11.8. The molecule has 0 heterocycles. The lowest BCUT2D eigenvalue weighted by Gasteiger charge is -2.43. The van der Waals surface area contributed by atoms with Crippen LogP contribution in [0.5, 0.6) is 0 Å². The first-order chi connectivity index (χ1) is 9.90. The van der Waals surface area contributed by atoms with Gasteiger partial charge in [-0.15, -0.1) is 0 Å². The molecule has 2 unspecified atom stereocenters. The van der Waals surface area contributed by atoms with Crippen molar-refractivity contribution >= 4 is 0 Å². The lowest BCUT2D eigenvalue weighted by Crippen LogP contribution is -2.40. The molecule has 0 aromatic heterocycles. The third kappa shape index (κ3) is 1.15. The summed E-state index contributed by atoms with van der Waals surface area (Å²) in [5, 5.41) is 0. The van der Waals surface area contributed by atoms with Crippen molar-refractivity contribution < 1.29 is 0 Å². The Balaban J connectivity index is 1.85. The molecule has 0 bridgehead atoms. The molecule has 100 valence electrons. The van der Waals surface area contributed by atoms with Crippen LogP contribution in [0.1, 0.15) is 41.5 Å². The van der Waals surface area contributed by atoms with Crippen LogP contribution in [0.3, 0.4) is 0 Å². The molecule has 2 atom stereocenters. The van der Waals surface area contributed by atoms with Crippen LogP contribution >= 0.6 is 0 Å². The Bertz CT molecular complexity index is 622. The fraction of sp³-hybridized carbons (Fsp3) is 0.400. The normalized spacial score (nSPS) is 33.2. The molecule has 0 aliphatic heterocycles. The maximum atomic E-state index is 2.43. The van der Waals surface area contributed by atoms with Gasteiger partial charge in [0.05, 0.1) is 0 Å². The van der Waals surface area contributed by atoms with Crippen LogP contribution in [-0.2, 0) is 18.3 Å². The van der Waals surface area contributed by atoms with E-state index in [-0.39, 0.29) is 0 Å². The van der Waals surface area contributed by atoms with Gasteiger partial charge in [0.2, 0.25) is 0 Å². The van der Waals surface area contributed by atoms with Crippen LogP contribution in [0.2, 0.25) is 0 Å². The Morgan fingerprint density at radius 2 is 1.20 bits per heavy atom.